The Bertz CT molecular complexity index is 376. The Balaban J connectivity index is 2.62. The Labute approximate surface area is 106 Å². The Morgan fingerprint density at radius 2 is 1.89 bits per heavy atom. The van der Waals surface area contributed by atoms with Crippen molar-refractivity contribution in [3.63, 3.8) is 0 Å². The topological polar surface area (TPSA) is 85.4 Å². The van der Waals surface area contributed by atoms with Crippen molar-refractivity contribution in [2.75, 3.05) is 32.6 Å². The second-order valence-corrected chi connectivity index (χ2v) is 3.50. The van der Waals surface area contributed by atoms with Crippen LogP contribution in [0.25, 0.3) is 0 Å². The largest absolute Gasteiger partial charge is 0.481 e. The lowest BCUT2D eigenvalue weighted by atomic mass is 10.4. The zero-order chi connectivity index (χ0) is 13.4. The molecule has 1 amide bonds. The fourth-order valence-corrected chi connectivity index (χ4v) is 1.22. The second-order valence-electron chi connectivity index (χ2n) is 3.50. The molecule has 0 unspecified atom stereocenters. The third kappa shape index (κ3) is 4.54. The predicted molar refractivity (Wildman–Crippen MR) is 66.9 cm³/mol. The molecule has 0 aliphatic carbocycles. The van der Waals surface area contributed by atoms with E-state index in [1.807, 2.05) is 6.92 Å². The van der Waals surface area contributed by atoms with Crippen molar-refractivity contribution in [1.29, 1.82) is 0 Å². The van der Waals surface area contributed by atoms with E-state index >= 15 is 0 Å². The number of carbonyl (C=O) groups excluding carboxylic acids is 1. The molecule has 18 heavy (non-hydrogen) atoms. The first-order chi connectivity index (χ1) is 8.69. The highest BCUT2D eigenvalue weighted by atomic mass is 16.5. The number of hydrogen-bond donors (Lipinski definition) is 2. The number of anilines is 1. The van der Waals surface area contributed by atoms with Gasteiger partial charge in [0.15, 0.2) is 0 Å². The van der Waals surface area contributed by atoms with Gasteiger partial charge in [0.1, 0.15) is 0 Å². The van der Waals surface area contributed by atoms with Gasteiger partial charge >= 0.3 is 0 Å². The Kier molecular flexibility index (Phi) is 5.86. The first kappa shape index (κ1) is 14.2. The molecular weight excluding hydrogens is 236 g/mol. The van der Waals surface area contributed by atoms with E-state index in [9.17, 15) is 4.79 Å². The zero-order valence-electron chi connectivity index (χ0n) is 10.8. The van der Waals surface area contributed by atoms with E-state index in [1.165, 1.54) is 20.3 Å². The number of aromatic nitrogens is 2. The molecule has 0 bridgehead atoms. The van der Waals surface area contributed by atoms with Crippen molar-refractivity contribution in [3.05, 3.63) is 6.07 Å². The summed E-state index contributed by atoms with van der Waals surface area (Å²) in [5.74, 6) is 0.616. The van der Waals surface area contributed by atoms with Crippen molar-refractivity contribution < 1.29 is 14.3 Å². The zero-order valence-corrected chi connectivity index (χ0v) is 10.8. The normalized spacial score (nSPS) is 9.94. The minimum atomic E-state index is -0.209. The molecule has 0 aliphatic heterocycles. The van der Waals surface area contributed by atoms with Crippen LogP contribution in [-0.2, 0) is 4.79 Å². The average molecular weight is 254 g/mol. The first-order valence-corrected chi connectivity index (χ1v) is 5.67. The lowest BCUT2D eigenvalue weighted by Gasteiger charge is -2.07. The van der Waals surface area contributed by atoms with Gasteiger partial charge in [-0.25, -0.2) is 0 Å². The van der Waals surface area contributed by atoms with Gasteiger partial charge in [-0.3, -0.25) is 10.1 Å². The number of carbonyl (C=O) groups is 1. The molecule has 7 nitrogen and oxygen atoms in total. The quantitative estimate of drug-likeness (QED) is 0.686. The van der Waals surface area contributed by atoms with Crippen LogP contribution in [0.2, 0.25) is 0 Å². The molecule has 1 rings (SSSR count). The number of nitrogens with zero attached hydrogens (tertiary/aromatic N) is 2. The highest BCUT2D eigenvalue weighted by Gasteiger charge is 2.08. The smallest absolute Gasteiger partial charge is 0.240 e. The van der Waals surface area contributed by atoms with Crippen LogP contribution in [0.3, 0.4) is 0 Å². The molecule has 1 heterocycles. The number of hydrogen-bond acceptors (Lipinski definition) is 6. The van der Waals surface area contributed by atoms with Crippen LogP contribution in [0.15, 0.2) is 6.07 Å². The van der Waals surface area contributed by atoms with Crippen molar-refractivity contribution >= 4 is 11.9 Å². The highest BCUT2D eigenvalue weighted by Crippen LogP contribution is 2.16. The van der Waals surface area contributed by atoms with E-state index in [4.69, 9.17) is 9.47 Å². The van der Waals surface area contributed by atoms with Gasteiger partial charge in [0, 0.05) is 0 Å². The minimum Gasteiger partial charge on any atom is -0.481 e. The van der Waals surface area contributed by atoms with E-state index in [0.29, 0.717) is 11.8 Å². The highest BCUT2D eigenvalue weighted by molar-refractivity contribution is 5.90. The van der Waals surface area contributed by atoms with Crippen LogP contribution in [0.5, 0.6) is 11.8 Å². The standard InChI is InChI=1S/C11H18N4O3/c1-4-5-12-7-8(16)13-11-14-9(17-2)6-10(15-11)18-3/h6,12H,4-5,7H2,1-3H3,(H,13,14,15,16). The second kappa shape index (κ2) is 7.44. The maximum Gasteiger partial charge on any atom is 0.240 e. The van der Waals surface area contributed by atoms with Gasteiger partial charge in [0.25, 0.3) is 0 Å². The van der Waals surface area contributed by atoms with Gasteiger partial charge in [0.05, 0.1) is 26.8 Å². The first-order valence-electron chi connectivity index (χ1n) is 5.67. The van der Waals surface area contributed by atoms with Crippen LogP contribution in [0.1, 0.15) is 13.3 Å². The van der Waals surface area contributed by atoms with E-state index in [-0.39, 0.29) is 18.4 Å². The Morgan fingerprint density at radius 3 is 2.39 bits per heavy atom. The molecule has 0 fully saturated rings. The summed E-state index contributed by atoms with van der Waals surface area (Å²) in [5.41, 5.74) is 0. The maximum absolute atomic E-state index is 11.6. The summed E-state index contributed by atoms with van der Waals surface area (Å²) in [4.78, 5) is 19.5. The number of nitrogens with one attached hydrogen (secondary N) is 2. The molecular formula is C11H18N4O3. The molecule has 0 saturated heterocycles. The summed E-state index contributed by atoms with van der Waals surface area (Å²) in [6.45, 7) is 3.04. The van der Waals surface area contributed by atoms with Crippen LogP contribution >= 0.6 is 0 Å². The van der Waals surface area contributed by atoms with Crippen LogP contribution in [0, 0.1) is 0 Å². The maximum atomic E-state index is 11.6. The van der Waals surface area contributed by atoms with Gasteiger partial charge in [-0.05, 0) is 13.0 Å². The summed E-state index contributed by atoms with van der Waals surface area (Å²) in [6.07, 6.45) is 0.969. The molecule has 0 radical (unpaired) electrons. The summed E-state index contributed by atoms with van der Waals surface area (Å²) in [5, 5.41) is 5.55. The van der Waals surface area contributed by atoms with Gasteiger partial charge < -0.3 is 14.8 Å². The van der Waals surface area contributed by atoms with Crippen molar-refractivity contribution in [2.45, 2.75) is 13.3 Å². The number of amides is 1. The number of ether oxygens (including phenoxy) is 2. The average Bonchev–Trinajstić information content (AvgIpc) is 2.38. The summed E-state index contributed by atoms with van der Waals surface area (Å²) < 4.78 is 9.96. The van der Waals surface area contributed by atoms with Crippen molar-refractivity contribution in [1.82, 2.24) is 15.3 Å². The molecule has 0 atom stereocenters. The molecule has 7 heteroatoms. The number of methoxy groups -OCH3 is 2. The van der Waals surface area contributed by atoms with Gasteiger partial charge in [-0.15, -0.1) is 0 Å². The van der Waals surface area contributed by atoms with Gasteiger partial charge in [0.2, 0.25) is 23.6 Å². The Hall–Kier alpha value is -1.89. The van der Waals surface area contributed by atoms with Crippen LogP contribution in [0.4, 0.5) is 5.95 Å². The monoisotopic (exact) mass is 254 g/mol. The lowest BCUT2D eigenvalue weighted by Crippen LogP contribution is -2.29. The van der Waals surface area contributed by atoms with Crippen LogP contribution < -0.4 is 20.1 Å². The van der Waals surface area contributed by atoms with Gasteiger partial charge in [-0.1, -0.05) is 6.92 Å². The fraction of sp³-hybridized carbons (Fsp3) is 0.545. The van der Waals surface area contributed by atoms with E-state index in [0.717, 1.165) is 13.0 Å². The summed E-state index contributed by atoms with van der Waals surface area (Å²) in [6, 6.07) is 1.53. The summed E-state index contributed by atoms with van der Waals surface area (Å²) in [7, 11) is 2.96. The number of rotatable bonds is 7. The SMILES string of the molecule is CCCNCC(=O)Nc1nc(OC)cc(OC)n1. The van der Waals surface area contributed by atoms with E-state index in [1.54, 1.807) is 0 Å². The summed E-state index contributed by atoms with van der Waals surface area (Å²) >= 11 is 0. The molecule has 0 spiro atoms. The van der Waals surface area contributed by atoms with Gasteiger partial charge in [-0.2, -0.15) is 9.97 Å². The fourth-order valence-electron chi connectivity index (χ4n) is 1.22. The molecule has 2 N–H and O–H groups in total. The molecule has 1 aromatic heterocycles. The molecule has 1 aromatic rings. The molecule has 0 saturated carbocycles. The van der Waals surface area contributed by atoms with E-state index in [2.05, 4.69) is 20.6 Å². The van der Waals surface area contributed by atoms with E-state index < -0.39 is 0 Å². The van der Waals surface area contributed by atoms with Crippen molar-refractivity contribution in [3.8, 4) is 11.8 Å². The lowest BCUT2D eigenvalue weighted by molar-refractivity contribution is -0.115. The minimum absolute atomic E-state index is 0.162. The third-order valence-corrected chi connectivity index (χ3v) is 2.06. The van der Waals surface area contributed by atoms with Crippen molar-refractivity contribution in [2.24, 2.45) is 0 Å². The predicted octanol–water partition coefficient (Wildman–Crippen LogP) is 0.432. The molecule has 0 aromatic carbocycles. The molecule has 100 valence electrons. The van der Waals surface area contributed by atoms with Crippen LogP contribution in [-0.4, -0.2) is 43.2 Å². The Morgan fingerprint density at radius 1 is 1.28 bits per heavy atom. The third-order valence-electron chi connectivity index (χ3n) is 2.06. The molecule has 0 aliphatic rings.